The highest BCUT2D eigenvalue weighted by Crippen LogP contribution is 2.35. The van der Waals surface area contributed by atoms with Crippen molar-refractivity contribution in [2.45, 2.75) is 41.7 Å². The normalized spacial score (nSPS) is 12.8. The van der Waals surface area contributed by atoms with E-state index in [1.54, 1.807) is 0 Å². The van der Waals surface area contributed by atoms with E-state index in [9.17, 15) is 18.3 Å². The molecule has 36 heavy (non-hydrogen) atoms. The van der Waals surface area contributed by atoms with E-state index < -0.39 is 30.2 Å². The molecular formula is C21H29Cl2N3O7S2Si. The molecule has 10 nitrogen and oxygen atoms in total. The summed E-state index contributed by atoms with van der Waals surface area (Å²) in [6.45, 7) is 6.52. The number of sulfonamides is 1. The molecule has 0 spiro atoms. The van der Waals surface area contributed by atoms with Gasteiger partial charge in [-0.2, -0.15) is 0 Å². The van der Waals surface area contributed by atoms with Crippen LogP contribution in [0.15, 0.2) is 34.3 Å². The second kappa shape index (κ2) is 13.3. The summed E-state index contributed by atoms with van der Waals surface area (Å²) in [4.78, 5) is 19.7. The van der Waals surface area contributed by atoms with Gasteiger partial charge < -0.3 is 19.3 Å². The first-order chi connectivity index (χ1) is 16.8. The summed E-state index contributed by atoms with van der Waals surface area (Å²) in [5.41, 5.74) is 0. The molecule has 2 aromatic rings. The standard InChI is InChI=1S/C21H29Cl2N3O7S2Si/c1-31-20-19(24-11-17(25-20)34-12-15(27)21(28)32-2)26(13-33-9-10-36(3,4)5)35(29,30)16-8-6-7-14(22)18(16)23/h6-8,11,15,27H,9-10,12-13H2,1-5H3/t15-/m0/s1. The number of halogens is 2. The van der Waals surface area contributed by atoms with Crippen molar-refractivity contribution in [3.05, 3.63) is 34.4 Å². The van der Waals surface area contributed by atoms with E-state index in [1.807, 2.05) is 0 Å². The molecule has 0 aliphatic heterocycles. The zero-order chi connectivity index (χ0) is 27.1. The molecule has 1 heterocycles. The fourth-order valence-corrected chi connectivity index (χ4v) is 6.20. The fraction of sp³-hybridized carbons (Fsp3) is 0.476. The van der Waals surface area contributed by atoms with Gasteiger partial charge in [0.25, 0.3) is 15.9 Å². The smallest absolute Gasteiger partial charge is 0.335 e. The van der Waals surface area contributed by atoms with Crippen LogP contribution in [0.5, 0.6) is 5.88 Å². The van der Waals surface area contributed by atoms with E-state index in [0.717, 1.165) is 22.1 Å². The maximum Gasteiger partial charge on any atom is 0.335 e. The molecule has 0 saturated carbocycles. The summed E-state index contributed by atoms with van der Waals surface area (Å²) in [5, 5.41) is 10.0. The van der Waals surface area contributed by atoms with Crippen molar-refractivity contribution in [3.8, 4) is 5.88 Å². The maximum absolute atomic E-state index is 13.7. The Morgan fingerprint density at radius 1 is 1.25 bits per heavy atom. The summed E-state index contributed by atoms with van der Waals surface area (Å²) in [6.07, 6.45) is -0.0643. The predicted molar refractivity (Wildman–Crippen MR) is 142 cm³/mol. The van der Waals surface area contributed by atoms with Gasteiger partial charge in [0.15, 0.2) is 6.10 Å². The minimum absolute atomic E-state index is 0.0518. The number of aromatic nitrogens is 2. The van der Waals surface area contributed by atoms with E-state index in [0.29, 0.717) is 6.61 Å². The summed E-state index contributed by atoms with van der Waals surface area (Å²) < 4.78 is 43.8. The Morgan fingerprint density at radius 2 is 1.94 bits per heavy atom. The van der Waals surface area contributed by atoms with Crippen LogP contribution in [0.4, 0.5) is 5.82 Å². The lowest BCUT2D eigenvalue weighted by Gasteiger charge is -2.25. The first-order valence-electron chi connectivity index (χ1n) is 10.7. The Kier molecular flexibility index (Phi) is 11.3. The highest BCUT2D eigenvalue weighted by molar-refractivity contribution is 7.99. The van der Waals surface area contributed by atoms with E-state index in [4.69, 9.17) is 32.7 Å². The van der Waals surface area contributed by atoms with Crippen molar-refractivity contribution < 1.29 is 32.5 Å². The van der Waals surface area contributed by atoms with E-state index in [1.165, 1.54) is 38.6 Å². The first kappa shape index (κ1) is 30.6. The summed E-state index contributed by atoms with van der Waals surface area (Å²) in [6, 6.07) is 5.10. The molecular weight excluding hydrogens is 569 g/mol. The SMILES string of the molecule is COC(=O)[C@@H](O)CSc1cnc(N(COCC[Si](C)(C)C)S(=O)(=O)c2cccc(Cl)c2Cl)c(OC)n1. The molecule has 0 saturated heterocycles. The molecule has 0 radical (unpaired) electrons. The number of hydrogen-bond donors (Lipinski definition) is 1. The number of nitrogens with zero attached hydrogens (tertiary/aromatic N) is 3. The summed E-state index contributed by atoms with van der Waals surface area (Å²) in [7, 11) is -3.24. The number of esters is 1. The van der Waals surface area contributed by atoms with Crippen LogP contribution in [-0.4, -0.2) is 76.9 Å². The lowest BCUT2D eigenvalue weighted by atomic mass is 10.4. The van der Waals surface area contributed by atoms with Gasteiger partial charge in [0.1, 0.15) is 16.7 Å². The average molecular weight is 599 g/mol. The topological polar surface area (TPSA) is 128 Å². The zero-order valence-corrected chi connectivity index (χ0v) is 24.7. The third-order valence-corrected chi connectivity index (χ3v) is 10.0. The lowest BCUT2D eigenvalue weighted by Crippen LogP contribution is -2.35. The fourth-order valence-electron chi connectivity index (χ4n) is 2.67. The average Bonchev–Trinajstić information content (AvgIpc) is 2.82. The number of hydrogen-bond acceptors (Lipinski definition) is 10. The van der Waals surface area contributed by atoms with Gasteiger partial charge in [-0.3, -0.25) is 0 Å². The van der Waals surface area contributed by atoms with Gasteiger partial charge in [-0.1, -0.05) is 48.9 Å². The van der Waals surface area contributed by atoms with Crippen molar-refractivity contribution in [2.24, 2.45) is 0 Å². The molecule has 0 amide bonds. The van der Waals surface area contributed by atoms with Crippen LogP contribution in [0.3, 0.4) is 0 Å². The largest absolute Gasteiger partial charge is 0.478 e. The first-order valence-corrected chi connectivity index (χ1v) is 17.5. The Labute approximate surface area is 226 Å². The lowest BCUT2D eigenvalue weighted by molar-refractivity contribution is -0.149. The third-order valence-electron chi connectivity index (χ3n) is 4.68. The molecule has 0 aliphatic carbocycles. The molecule has 15 heteroatoms. The molecule has 1 N–H and O–H groups in total. The van der Waals surface area contributed by atoms with Crippen molar-refractivity contribution in [2.75, 3.05) is 37.6 Å². The number of benzene rings is 1. The van der Waals surface area contributed by atoms with Gasteiger partial charge >= 0.3 is 5.97 Å². The molecule has 0 bridgehead atoms. The Hall–Kier alpha value is -1.61. The van der Waals surface area contributed by atoms with Crippen LogP contribution in [0, 0.1) is 0 Å². The molecule has 0 aliphatic rings. The number of rotatable bonds is 13. The number of thioether (sulfide) groups is 1. The Balaban J connectivity index is 2.43. The summed E-state index contributed by atoms with van der Waals surface area (Å²) >= 11 is 13.3. The molecule has 0 unspecified atom stereocenters. The monoisotopic (exact) mass is 597 g/mol. The summed E-state index contributed by atoms with van der Waals surface area (Å²) in [5.74, 6) is -1.07. The van der Waals surface area contributed by atoms with Crippen molar-refractivity contribution in [1.29, 1.82) is 0 Å². The number of carbonyl (C=O) groups excluding carboxylic acids is 1. The minimum atomic E-state index is -4.30. The number of methoxy groups -OCH3 is 2. The van der Waals surface area contributed by atoms with Gasteiger partial charge in [-0.15, -0.1) is 11.8 Å². The highest BCUT2D eigenvalue weighted by atomic mass is 35.5. The third kappa shape index (κ3) is 8.20. The maximum atomic E-state index is 13.7. The molecule has 1 atom stereocenters. The van der Waals surface area contributed by atoms with Gasteiger partial charge in [-0.25, -0.2) is 27.5 Å². The second-order valence-electron chi connectivity index (χ2n) is 8.64. The van der Waals surface area contributed by atoms with Gasteiger partial charge in [0.2, 0.25) is 5.82 Å². The van der Waals surface area contributed by atoms with Gasteiger partial charge in [0.05, 0.1) is 30.5 Å². The van der Waals surface area contributed by atoms with Crippen LogP contribution in [0.25, 0.3) is 0 Å². The number of aliphatic hydroxyl groups is 1. The highest BCUT2D eigenvalue weighted by Gasteiger charge is 2.32. The molecule has 200 valence electrons. The van der Waals surface area contributed by atoms with Crippen LogP contribution in [0.1, 0.15) is 0 Å². The molecule has 1 aromatic carbocycles. The molecule has 1 aromatic heterocycles. The quantitative estimate of drug-likeness (QED) is 0.119. The van der Waals surface area contributed by atoms with E-state index in [2.05, 4.69) is 34.3 Å². The number of ether oxygens (including phenoxy) is 3. The van der Waals surface area contributed by atoms with Crippen molar-refractivity contribution in [3.63, 3.8) is 0 Å². The number of aliphatic hydroxyl groups excluding tert-OH is 1. The van der Waals surface area contributed by atoms with Crippen LogP contribution in [0.2, 0.25) is 35.7 Å². The van der Waals surface area contributed by atoms with E-state index >= 15 is 0 Å². The second-order valence-corrected chi connectivity index (χ2v) is 17.9. The number of carbonyl (C=O) groups is 1. The molecule has 2 rings (SSSR count). The van der Waals surface area contributed by atoms with Crippen LogP contribution >= 0.6 is 35.0 Å². The van der Waals surface area contributed by atoms with Crippen LogP contribution < -0.4 is 9.04 Å². The van der Waals surface area contributed by atoms with E-state index in [-0.39, 0.29) is 44.1 Å². The Bertz CT molecular complexity index is 1170. The van der Waals surface area contributed by atoms with Crippen molar-refractivity contribution >= 4 is 64.8 Å². The predicted octanol–water partition coefficient (Wildman–Crippen LogP) is 3.93. The number of anilines is 1. The minimum Gasteiger partial charge on any atom is -0.478 e. The van der Waals surface area contributed by atoms with Crippen LogP contribution in [-0.2, 0) is 24.3 Å². The Morgan fingerprint density at radius 3 is 2.56 bits per heavy atom. The zero-order valence-electron chi connectivity index (χ0n) is 20.5. The van der Waals surface area contributed by atoms with Crippen molar-refractivity contribution in [1.82, 2.24) is 9.97 Å². The van der Waals surface area contributed by atoms with Gasteiger partial charge in [-0.05, 0) is 18.2 Å². The van der Waals surface area contributed by atoms with Gasteiger partial charge in [0, 0.05) is 20.4 Å². The molecule has 0 fully saturated rings.